The van der Waals surface area contributed by atoms with Crippen molar-refractivity contribution in [2.75, 3.05) is 19.0 Å². The van der Waals surface area contributed by atoms with E-state index in [1.807, 2.05) is 6.92 Å². The predicted molar refractivity (Wildman–Crippen MR) is 85.2 cm³/mol. The summed E-state index contributed by atoms with van der Waals surface area (Å²) < 4.78 is 18.7. The van der Waals surface area contributed by atoms with Crippen molar-refractivity contribution in [3.63, 3.8) is 0 Å². The monoisotopic (exact) mass is 332 g/mol. The van der Waals surface area contributed by atoms with E-state index >= 15 is 0 Å². The molecule has 0 saturated heterocycles. The minimum atomic E-state index is -0.667. The van der Waals surface area contributed by atoms with Gasteiger partial charge in [0.25, 0.3) is 11.8 Å². The Balaban J connectivity index is 2.01. The van der Waals surface area contributed by atoms with Crippen LogP contribution in [0.3, 0.4) is 0 Å². The van der Waals surface area contributed by atoms with E-state index in [1.54, 1.807) is 6.07 Å². The van der Waals surface area contributed by atoms with Gasteiger partial charge in [0.15, 0.2) is 0 Å². The maximum absolute atomic E-state index is 13.1. The summed E-state index contributed by atoms with van der Waals surface area (Å²) >= 11 is 0. The molecular weight excluding hydrogens is 315 g/mol. The zero-order valence-electron chi connectivity index (χ0n) is 13.2. The fourth-order valence-corrected chi connectivity index (χ4v) is 2.70. The Morgan fingerprint density at radius 1 is 1.38 bits per heavy atom. The molecule has 2 atom stereocenters. The third-order valence-corrected chi connectivity index (χ3v) is 4.08. The van der Waals surface area contributed by atoms with Crippen LogP contribution in [0, 0.1) is 0 Å². The molecule has 3 N–H and O–H groups in total. The number of rotatable bonds is 4. The molecule has 8 heteroatoms. The smallest absolute Gasteiger partial charge is 0.255 e. The predicted octanol–water partition coefficient (Wildman–Crippen LogP) is 1.86. The standard InChI is InChI=1S/C16H17FN4O3/c1-8-11-3-9(15(22)21-10-6-19-20-7-10)4-12(16(23)18-2)14(11)24-13(8)5-17/h3-4,6-8,13H,5H2,1-2H3,(H,18,23)(H,19,20)(H,21,22)/t8-,13+/m0/s1. The van der Waals surface area contributed by atoms with E-state index in [0.29, 0.717) is 22.6 Å². The van der Waals surface area contributed by atoms with Gasteiger partial charge in [0, 0.05) is 30.3 Å². The number of aromatic amines is 1. The molecule has 0 fully saturated rings. The number of nitrogens with one attached hydrogen (secondary N) is 3. The van der Waals surface area contributed by atoms with Crippen LogP contribution in [0.2, 0.25) is 0 Å². The van der Waals surface area contributed by atoms with Gasteiger partial charge in [0.1, 0.15) is 18.5 Å². The van der Waals surface area contributed by atoms with E-state index in [9.17, 15) is 14.0 Å². The summed E-state index contributed by atoms with van der Waals surface area (Å²) in [5, 5.41) is 11.5. The summed E-state index contributed by atoms with van der Waals surface area (Å²) in [5.74, 6) is -0.699. The first-order valence-corrected chi connectivity index (χ1v) is 7.48. The molecule has 24 heavy (non-hydrogen) atoms. The molecule has 0 aliphatic carbocycles. The number of benzene rings is 1. The Labute approximate surface area is 137 Å². The number of hydrogen-bond donors (Lipinski definition) is 3. The van der Waals surface area contributed by atoms with Gasteiger partial charge in [-0.15, -0.1) is 0 Å². The molecule has 1 aromatic heterocycles. The first-order chi connectivity index (χ1) is 11.5. The van der Waals surface area contributed by atoms with Crippen molar-refractivity contribution in [2.24, 2.45) is 0 Å². The zero-order valence-corrected chi connectivity index (χ0v) is 13.2. The van der Waals surface area contributed by atoms with Crippen LogP contribution in [-0.4, -0.2) is 41.8 Å². The summed E-state index contributed by atoms with van der Waals surface area (Å²) in [7, 11) is 1.48. The van der Waals surface area contributed by atoms with Gasteiger partial charge >= 0.3 is 0 Å². The molecule has 0 saturated carbocycles. The quantitative estimate of drug-likeness (QED) is 0.796. The van der Waals surface area contributed by atoms with Crippen LogP contribution in [0.1, 0.15) is 39.1 Å². The van der Waals surface area contributed by atoms with Crippen LogP contribution >= 0.6 is 0 Å². The summed E-state index contributed by atoms with van der Waals surface area (Å²) in [6.45, 7) is 1.14. The topological polar surface area (TPSA) is 96.1 Å². The van der Waals surface area contributed by atoms with Gasteiger partial charge in [-0.2, -0.15) is 5.10 Å². The normalized spacial score (nSPS) is 18.6. The Kier molecular flexibility index (Phi) is 4.20. The van der Waals surface area contributed by atoms with Crippen LogP contribution in [0.25, 0.3) is 0 Å². The highest BCUT2D eigenvalue weighted by Crippen LogP contribution is 2.41. The second-order valence-corrected chi connectivity index (χ2v) is 5.56. The molecular formula is C16H17FN4O3. The lowest BCUT2D eigenvalue weighted by atomic mass is 9.94. The van der Waals surface area contributed by atoms with Gasteiger partial charge in [-0.3, -0.25) is 14.7 Å². The lowest BCUT2D eigenvalue weighted by Crippen LogP contribution is -2.21. The second kappa shape index (κ2) is 6.31. The molecule has 1 aliphatic heterocycles. The Morgan fingerprint density at radius 2 is 2.17 bits per heavy atom. The number of fused-ring (bicyclic) bond motifs is 1. The molecule has 1 aliphatic rings. The van der Waals surface area contributed by atoms with Crippen LogP contribution in [0.5, 0.6) is 5.75 Å². The fourth-order valence-electron chi connectivity index (χ4n) is 2.70. The van der Waals surface area contributed by atoms with Crippen molar-refractivity contribution >= 4 is 17.5 Å². The first-order valence-electron chi connectivity index (χ1n) is 7.48. The Morgan fingerprint density at radius 3 is 2.79 bits per heavy atom. The van der Waals surface area contributed by atoms with Crippen LogP contribution < -0.4 is 15.4 Å². The number of ether oxygens (including phenoxy) is 1. The van der Waals surface area contributed by atoms with E-state index in [2.05, 4.69) is 20.8 Å². The SMILES string of the molecule is CNC(=O)c1cc(C(=O)Nc2cn[nH]c2)cc2c1O[C@H](CF)[C@H]2C. The number of anilines is 1. The number of halogens is 1. The number of aromatic nitrogens is 2. The summed E-state index contributed by atoms with van der Waals surface area (Å²) in [6, 6.07) is 3.08. The third-order valence-electron chi connectivity index (χ3n) is 4.08. The van der Waals surface area contributed by atoms with E-state index in [4.69, 9.17) is 4.74 Å². The number of carbonyl (C=O) groups excluding carboxylic acids is 2. The van der Waals surface area contributed by atoms with Crippen LogP contribution in [0.4, 0.5) is 10.1 Å². The maximum Gasteiger partial charge on any atom is 0.255 e. The lowest BCUT2D eigenvalue weighted by molar-refractivity contribution is 0.0955. The molecule has 3 rings (SSSR count). The number of hydrogen-bond acceptors (Lipinski definition) is 4. The van der Waals surface area contributed by atoms with E-state index in [-0.39, 0.29) is 17.4 Å². The summed E-state index contributed by atoms with van der Waals surface area (Å²) in [6.07, 6.45) is 2.35. The van der Waals surface area contributed by atoms with E-state index < -0.39 is 18.7 Å². The van der Waals surface area contributed by atoms with Crippen LogP contribution in [0.15, 0.2) is 24.5 Å². The Hall–Kier alpha value is -2.90. The molecule has 1 aromatic carbocycles. The fraction of sp³-hybridized carbons (Fsp3) is 0.312. The highest BCUT2D eigenvalue weighted by atomic mass is 19.1. The van der Waals surface area contributed by atoms with Gasteiger partial charge in [0.05, 0.1) is 17.4 Å². The van der Waals surface area contributed by atoms with E-state index in [0.717, 1.165) is 0 Å². The van der Waals surface area contributed by atoms with Crippen molar-refractivity contribution < 1.29 is 18.7 Å². The average Bonchev–Trinajstić information content (AvgIpc) is 3.21. The number of alkyl halides is 1. The zero-order chi connectivity index (χ0) is 17.3. The average molecular weight is 332 g/mol. The third kappa shape index (κ3) is 2.70. The molecule has 2 amide bonds. The molecule has 0 bridgehead atoms. The number of H-pyrrole nitrogens is 1. The largest absolute Gasteiger partial charge is 0.486 e. The number of nitrogens with zero attached hydrogens (tertiary/aromatic N) is 1. The van der Waals surface area contributed by atoms with Crippen molar-refractivity contribution in [1.29, 1.82) is 0 Å². The molecule has 0 unspecified atom stereocenters. The highest BCUT2D eigenvalue weighted by Gasteiger charge is 2.35. The van der Waals surface area contributed by atoms with Gasteiger partial charge in [-0.05, 0) is 12.1 Å². The number of amides is 2. The van der Waals surface area contributed by atoms with Gasteiger partial charge < -0.3 is 15.4 Å². The first kappa shape index (κ1) is 16.0. The minimum absolute atomic E-state index is 0.218. The van der Waals surface area contributed by atoms with Crippen molar-refractivity contribution in [3.05, 3.63) is 41.2 Å². The van der Waals surface area contributed by atoms with Gasteiger partial charge in [0.2, 0.25) is 0 Å². The van der Waals surface area contributed by atoms with Crippen molar-refractivity contribution in [1.82, 2.24) is 15.5 Å². The molecule has 126 valence electrons. The summed E-state index contributed by atoms with van der Waals surface area (Å²) in [4.78, 5) is 24.6. The molecule has 7 nitrogen and oxygen atoms in total. The molecule has 0 radical (unpaired) electrons. The summed E-state index contributed by atoms with van der Waals surface area (Å²) in [5.41, 5.74) is 1.67. The van der Waals surface area contributed by atoms with Crippen LogP contribution in [-0.2, 0) is 0 Å². The lowest BCUT2D eigenvalue weighted by Gasteiger charge is -2.11. The van der Waals surface area contributed by atoms with Crippen molar-refractivity contribution in [3.8, 4) is 5.75 Å². The van der Waals surface area contributed by atoms with Crippen molar-refractivity contribution in [2.45, 2.75) is 18.9 Å². The molecule has 2 aromatic rings. The molecule has 2 heterocycles. The van der Waals surface area contributed by atoms with Gasteiger partial charge in [-0.1, -0.05) is 6.92 Å². The highest BCUT2D eigenvalue weighted by molar-refractivity contribution is 6.07. The maximum atomic E-state index is 13.1. The minimum Gasteiger partial charge on any atom is -0.486 e. The Bertz CT molecular complexity index is 776. The van der Waals surface area contributed by atoms with Gasteiger partial charge in [-0.25, -0.2) is 4.39 Å². The van der Waals surface area contributed by atoms with E-state index in [1.165, 1.54) is 25.5 Å². The molecule has 0 spiro atoms. The number of carbonyl (C=O) groups is 2. The second-order valence-electron chi connectivity index (χ2n) is 5.56.